The van der Waals surface area contributed by atoms with Crippen molar-refractivity contribution < 1.29 is 47.4 Å². The second-order valence-electron chi connectivity index (χ2n) is 12.1. The molecule has 2 saturated heterocycles. The second-order valence-corrected chi connectivity index (χ2v) is 13.9. The van der Waals surface area contributed by atoms with Gasteiger partial charge in [-0.15, -0.1) is 11.8 Å². The number of amides is 4. The van der Waals surface area contributed by atoms with E-state index in [4.69, 9.17) is 11.5 Å². The number of halogens is 3. The van der Waals surface area contributed by atoms with Crippen LogP contribution in [0.3, 0.4) is 0 Å². The van der Waals surface area contributed by atoms with E-state index < -0.39 is 88.4 Å². The van der Waals surface area contributed by atoms with E-state index in [1.165, 1.54) is 65.2 Å². The Morgan fingerprint density at radius 3 is 2.18 bits per heavy atom. The van der Waals surface area contributed by atoms with Gasteiger partial charge in [0.15, 0.2) is 0 Å². The molecule has 2 aliphatic rings. The van der Waals surface area contributed by atoms with Crippen LogP contribution in [-0.2, 0) is 30.5 Å². The molecule has 264 valence electrons. The number of H-pyrrole nitrogens is 1. The zero-order valence-corrected chi connectivity index (χ0v) is 27.2. The number of nitrogens with one attached hydrogen (secondary N) is 1. The minimum Gasteiger partial charge on any atom is -0.508 e. The third-order valence-electron chi connectivity index (χ3n) is 8.42. The van der Waals surface area contributed by atoms with Crippen molar-refractivity contribution in [2.24, 2.45) is 11.5 Å². The molecule has 0 saturated carbocycles. The van der Waals surface area contributed by atoms with E-state index in [1.807, 2.05) is 0 Å². The van der Waals surface area contributed by atoms with E-state index in [0.717, 1.165) is 17.0 Å². The summed E-state index contributed by atoms with van der Waals surface area (Å²) in [6.45, 7) is 2.07. The Bertz CT molecular complexity index is 1920. The zero-order valence-electron chi connectivity index (χ0n) is 26.4. The summed E-state index contributed by atoms with van der Waals surface area (Å²) in [6, 6.07) is 9.37. The Hall–Kier alpha value is -5.20. The number of fused-ring (bicyclic) bond motifs is 1. The van der Waals surface area contributed by atoms with Crippen LogP contribution in [0.5, 0.6) is 5.75 Å². The smallest absolute Gasteiger partial charge is 0.472 e. The van der Waals surface area contributed by atoms with Gasteiger partial charge in [0.25, 0.3) is 5.56 Å². The average Bonchev–Trinajstić information content (AvgIpc) is 3.31. The number of hydrogen-bond donors (Lipinski definition) is 5. The Kier molecular flexibility index (Phi) is 9.57. The molecule has 2 aromatic carbocycles. The molecule has 14 nitrogen and oxygen atoms in total. The van der Waals surface area contributed by atoms with Gasteiger partial charge in [-0.1, -0.05) is 24.3 Å². The lowest BCUT2D eigenvalue weighted by Gasteiger charge is -2.48. The van der Waals surface area contributed by atoms with Crippen molar-refractivity contribution in [1.82, 2.24) is 14.8 Å². The highest BCUT2D eigenvalue weighted by Gasteiger charge is 2.66. The first-order valence-electron chi connectivity index (χ1n) is 14.9. The van der Waals surface area contributed by atoms with Crippen molar-refractivity contribution in [1.29, 1.82) is 0 Å². The number of aromatic amines is 1. The highest BCUT2D eigenvalue weighted by Crippen LogP contribution is 2.52. The lowest BCUT2D eigenvalue weighted by Crippen LogP contribution is -2.71. The van der Waals surface area contributed by atoms with Crippen LogP contribution in [0.25, 0.3) is 11.3 Å². The van der Waals surface area contributed by atoms with Crippen molar-refractivity contribution in [3.8, 4) is 17.0 Å². The molecule has 4 atom stereocenters. The number of carboxylic acid groups (broad SMARTS) is 1. The van der Waals surface area contributed by atoms with Crippen LogP contribution in [0.1, 0.15) is 31.0 Å². The number of carbonyl (C=O) groups is 5. The second kappa shape index (κ2) is 13.3. The predicted molar refractivity (Wildman–Crippen MR) is 173 cm³/mol. The number of aliphatic carboxylic acids is 1. The first-order valence-corrected chi connectivity index (χ1v) is 15.8. The van der Waals surface area contributed by atoms with Crippen molar-refractivity contribution in [3.63, 3.8) is 0 Å². The van der Waals surface area contributed by atoms with E-state index in [-0.39, 0.29) is 27.5 Å². The van der Waals surface area contributed by atoms with Crippen molar-refractivity contribution in [2.45, 2.75) is 54.8 Å². The number of phenolic OH excluding ortho intramolecular Hbond substituents is 1. The number of carboxylic acids is 1. The molecule has 7 N–H and O–H groups in total. The summed E-state index contributed by atoms with van der Waals surface area (Å²) in [5.74, 6) is -6.36. The number of benzene rings is 2. The quantitative estimate of drug-likeness (QED) is 0.201. The molecular formula is C32H31F3N6O8S. The first-order chi connectivity index (χ1) is 23.4. The molecule has 1 aromatic heterocycles. The van der Waals surface area contributed by atoms with Crippen molar-refractivity contribution in [3.05, 3.63) is 82.1 Å². The molecule has 0 spiro atoms. The van der Waals surface area contributed by atoms with Crippen molar-refractivity contribution in [2.75, 3.05) is 11.4 Å². The van der Waals surface area contributed by atoms with Gasteiger partial charge in [-0.05, 0) is 61.4 Å². The average molecular weight is 717 g/mol. The number of imide groups is 1. The number of pyridine rings is 1. The monoisotopic (exact) mass is 716 g/mol. The summed E-state index contributed by atoms with van der Waals surface area (Å²) in [7, 11) is 0. The van der Waals surface area contributed by atoms with Crippen LogP contribution >= 0.6 is 11.8 Å². The summed E-state index contributed by atoms with van der Waals surface area (Å²) < 4.78 is 38.5. The Balaban J connectivity index is 1.45. The number of nitrogens with zero attached hydrogens (tertiary/aromatic N) is 3. The van der Waals surface area contributed by atoms with Gasteiger partial charge in [-0.3, -0.25) is 24.0 Å². The third-order valence-corrected chi connectivity index (χ3v) is 9.98. The molecule has 3 aromatic rings. The molecule has 1 unspecified atom stereocenters. The maximum absolute atomic E-state index is 13.9. The Labute approximate surface area is 285 Å². The number of aromatic hydroxyl groups is 1. The maximum atomic E-state index is 13.9. The van der Waals surface area contributed by atoms with E-state index in [2.05, 4.69) is 4.98 Å². The summed E-state index contributed by atoms with van der Waals surface area (Å²) >= 11 is 1.20. The molecule has 2 aliphatic heterocycles. The van der Waals surface area contributed by atoms with Crippen LogP contribution in [0.4, 0.5) is 18.9 Å². The molecule has 0 aliphatic carbocycles. The van der Waals surface area contributed by atoms with Crippen LogP contribution in [0, 0.1) is 0 Å². The zero-order chi connectivity index (χ0) is 36.9. The molecule has 3 heterocycles. The first kappa shape index (κ1) is 36.1. The van der Waals surface area contributed by atoms with Gasteiger partial charge in [-0.2, -0.15) is 13.2 Å². The van der Waals surface area contributed by atoms with E-state index in [0.29, 0.717) is 5.56 Å². The summed E-state index contributed by atoms with van der Waals surface area (Å²) in [5, 5.41) is 18.8. The highest BCUT2D eigenvalue weighted by atomic mass is 32.2. The Morgan fingerprint density at radius 1 is 1.02 bits per heavy atom. The predicted octanol–water partition coefficient (Wildman–Crippen LogP) is 1.67. The number of β-lactam (4-membered cyclic amide) rings is 1. The fourth-order valence-corrected chi connectivity index (χ4v) is 7.66. The fourth-order valence-electron chi connectivity index (χ4n) is 5.96. The molecule has 5 rings (SSSR count). The summed E-state index contributed by atoms with van der Waals surface area (Å²) in [4.78, 5) is 81.7. The normalized spacial score (nSPS) is 20.0. The van der Waals surface area contributed by atoms with Gasteiger partial charge >= 0.3 is 18.1 Å². The lowest BCUT2D eigenvalue weighted by molar-refractivity contribution is -0.171. The van der Waals surface area contributed by atoms with E-state index in [1.54, 1.807) is 13.8 Å². The SMILES string of the molecule is CC1(C)S[C@@H]2[C@H](N(Cc3ccc(-c4ccc(N(C(=O)CN)C(=O)C(F)(F)F)cc4)[nH]c3=O)C(=O)C(N)c3ccc(O)cc3)C(=O)N2[C@H]1C(=O)O. The molecular weight excluding hydrogens is 685 g/mol. The number of thioether (sulfide) groups is 1. The van der Waals surface area contributed by atoms with Gasteiger partial charge < -0.3 is 36.5 Å². The molecule has 0 radical (unpaired) electrons. The minimum atomic E-state index is -5.35. The molecule has 4 amide bonds. The van der Waals surface area contributed by atoms with Crippen LogP contribution in [-0.4, -0.2) is 89.5 Å². The number of aromatic nitrogens is 1. The Morgan fingerprint density at radius 2 is 1.64 bits per heavy atom. The number of carbonyl (C=O) groups excluding carboxylic acids is 4. The number of hydrogen-bond acceptors (Lipinski definition) is 10. The summed E-state index contributed by atoms with van der Waals surface area (Å²) in [6.07, 6.45) is -5.35. The number of anilines is 1. The van der Waals surface area contributed by atoms with E-state index in [9.17, 15) is 52.2 Å². The maximum Gasteiger partial charge on any atom is 0.472 e. The number of nitrogens with two attached hydrogens (primary N) is 2. The topological polar surface area (TPSA) is 220 Å². The minimum absolute atomic E-state index is 0.0235. The van der Waals surface area contributed by atoms with Gasteiger partial charge in [0.05, 0.1) is 18.8 Å². The number of rotatable bonds is 9. The third kappa shape index (κ3) is 6.56. The largest absolute Gasteiger partial charge is 0.508 e. The van der Waals surface area contributed by atoms with Gasteiger partial charge in [-0.25, -0.2) is 9.69 Å². The molecule has 2 fully saturated rings. The van der Waals surface area contributed by atoms with Gasteiger partial charge in [0, 0.05) is 16.0 Å². The fraction of sp³-hybridized carbons (Fsp3) is 0.312. The van der Waals surface area contributed by atoms with Crippen LogP contribution in [0.2, 0.25) is 0 Å². The molecule has 18 heteroatoms. The number of phenols is 1. The standard InChI is InChI=1S/C32H31F3N6O8S/c1-31(2)24(29(47)48)41-27(46)23(28(41)50-31)39(26(45)22(37)16-5-10-19(42)11-6-16)14-17-7-12-20(38-25(17)44)15-3-8-18(9-4-15)40(21(43)13-36)30(49)32(33,34)35/h3-12,22-24,28,42H,13-14,36-37H2,1-2H3,(H,38,44)(H,47,48)/t22?,23-,24+,28-/m1/s1. The lowest BCUT2D eigenvalue weighted by atomic mass is 9.94. The number of alkyl halides is 3. The molecule has 0 bridgehead atoms. The van der Waals surface area contributed by atoms with Crippen LogP contribution < -0.4 is 21.9 Å². The van der Waals surface area contributed by atoms with Gasteiger partial charge in [0.2, 0.25) is 17.7 Å². The molecule has 50 heavy (non-hydrogen) atoms. The van der Waals surface area contributed by atoms with Crippen LogP contribution in [0.15, 0.2) is 65.5 Å². The van der Waals surface area contributed by atoms with E-state index >= 15 is 0 Å². The highest BCUT2D eigenvalue weighted by molar-refractivity contribution is 8.01. The van der Waals surface area contributed by atoms with Crippen molar-refractivity contribution >= 4 is 47.0 Å². The summed E-state index contributed by atoms with van der Waals surface area (Å²) in [5.41, 5.74) is 11.2. The van der Waals surface area contributed by atoms with Gasteiger partial charge in [0.1, 0.15) is 29.2 Å².